The summed E-state index contributed by atoms with van der Waals surface area (Å²) in [6.45, 7) is 2.14. The van der Waals surface area contributed by atoms with Crippen molar-refractivity contribution >= 4 is 11.6 Å². The predicted octanol–water partition coefficient (Wildman–Crippen LogP) is 5.09. The fourth-order valence-corrected chi connectivity index (χ4v) is 2.59. The van der Waals surface area contributed by atoms with E-state index in [-0.39, 0.29) is 11.7 Å². The summed E-state index contributed by atoms with van der Waals surface area (Å²) < 4.78 is 13.2. The topological polar surface area (TPSA) is 42.0 Å². The van der Waals surface area contributed by atoms with Gasteiger partial charge in [0.1, 0.15) is 5.82 Å². The van der Waals surface area contributed by atoms with Gasteiger partial charge < -0.3 is 5.32 Å². The SMILES string of the molecule is CCCc1ccc(-c2ccc(C(=O)Nc3cccc(F)c3)cc2)nc1. The van der Waals surface area contributed by atoms with Crippen LogP contribution in [0, 0.1) is 5.82 Å². The van der Waals surface area contributed by atoms with Crippen LogP contribution in [0.5, 0.6) is 0 Å². The maximum Gasteiger partial charge on any atom is 0.255 e. The van der Waals surface area contributed by atoms with Crippen molar-refractivity contribution in [3.05, 3.63) is 83.8 Å². The smallest absolute Gasteiger partial charge is 0.255 e. The number of hydrogen-bond donors (Lipinski definition) is 1. The molecule has 0 aliphatic heterocycles. The second-order valence-corrected chi connectivity index (χ2v) is 5.84. The number of hydrogen-bond acceptors (Lipinski definition) is 2. The van der Waals surface area contributed by atoms with E-state index in [1.165, 1.54) is 17.7 Å². The molecule has 0 saturated heterocycles. The van der Waals surface area contributed by atoms with Gasteiger partial charge in [-0.2, -0.15) is 0 Å². The second kappa shape index (κ2) is 7.71. The Kier molecular flexibility index (Phi) is 5.19. The summed E-state index contributed by atoms with van der Waals surface area (Å²) in [6.07, 6.45) is 4.01. The zero-order valence-corrected chi connectivity index (χ0v) is 14.0. The number of aromatic nitrogens is 1. The summed E-state index contributed by atoms with van der Waals surface area (Å²) in [7, 11) is 0. The van der Waals surface area contributed by atoms with Crippen LogP contribution in [0.2, 0.25) is 0 Å². The number of amides is 1. The number of halogens is 1. The minimum atomic E-state index is -0.384. The monoisotopic (exact) mass is 334 g/mol. The highest BCUT2D eigenvalue weighted by Gasteiger charge is 2.07. The first-order chi connectivity index (χ1) is 12.2. The summed E-state index contributed by atoms with van der Waals surface area (Å²) in [5, 5.41) is 2.69. The lowest BCUT2D eigenvalue weighted by molar-refractivity contribution is 0.102. The molecule has 0 atom stereocenters. The Morgan fingerprint density at radius 2 is 1.88 bits per heavy atom. The van der Waals surface area contributed by atoms with Gasteiger partial charge in [0.15, 0.2) is 0 Å². The quantitative estimate of drug-likeness (QED) is 0.706. The van der Waals surface area contributed by atoms with E-state index in [9.17, 15) is 9.18 Å². The average Bonchev–Trinajstić information content (AvgIpc) is 2.63. The van der Waals surface area contributed by atoms with Crippen LogP contribution in [0.15, 0.2) is 66.9 Å². The molecule has 3 rings (SSSR count). The number of carbonyl (C=O) groups excluding carboxylic acids is 1. The number of rotatable bonds is 5. The third kappa shape index (κ3) is 4.29. The van der Waals surface area contributed by atoms with Gasteiger partial charge in [-0.3, -0.25) is 9.78 Å². The van der Waals surface area contributed by atoms with Crippen LogP contribution in [0.3, 0.4) is 0 Å². The number of carbonyl (C=O) groups is 1. The lowest BCUT2D eigenvalue weighted by Crippen LogP contribution is -2.11. The Balaban J connectivity index is 1.72. The zero-order valence-electron chi connectivity index (χ0n) is 14.0. The molecule has 0 spiro atoms. The summed E-state index contributed by atoms with van der Waals surface area (Å²) >= 11 is 0. The van der Waals surface area contributed by atoms with Crippen molar-refractivity contribution in [2.75, 3.05) is 5.32 Å². The van der Waals surface area contributed by atoms with E-state index < -0.39 is 0 Å². The van der Waals surface area contributed by atoms with Gasteiger partial charge in [0.2, 0.25) is 0 Å². The van der Waals surface area contributed by atoms with Crippen molar-refractivity contribution in [1.29, 1.82) is 0 Å². The van der Waals surface area contributed by atoms with Gasteiger partial charge in [0, 0.05) is 23.0 Å². The fourth-order valence-electron chi connectivity index (χ4n) is 2.59. The summed E-state index contributed by atoms with van der Waals surface area (Å²) in [5.41, 5.74) is 3.98. The van der Waals surface area contributed by atoms with Gasteiger partial charge in [0.05, 0.1) is 5.69 Å². The first-order valence-electron chi connectivity index (χ1n) is 8.28. The number of aryl methyl sites for hydroxylation is 1. The Morgan fingerprint density at radius 1 is 1.08 bits per heavy atom. The van der Waals surface area contributed by atoms with Crippen molar-refractivity contribution in [2.45, 2.75) is 19.8 Å². The molecule has 1 aromatic heterocycles. The van der Waals surface area contributed by atoms with E-state index in [2.05, 4.69) is 23.3 Å². The minimum Gasteiger partial charge on any atom is -0.322 e. The third-order valence-corrected chi connectivity index (χ3v) is 3.89. The molecule has 0 aliphatic rings. The summed E-state index contributed by atoms with van der Waals surface area (Å²) in [5.74, 6) is -0.658. The molecule has 0 bridgehead atoms. The molecule has 0 aliphatic carbocycles. The van der Waals surface area contributed by atoms with Crippen molar-refractivity contribution in [3.8, 4) is 11.3 Å². The van der Waals surface area contributed by atoms with E-state index in [4.69, 9.17) is 0 Å². The van der Waals surface area contributed by atoms with Crippen molar-refractivity contribution < 1.29 is 9.18 Å². The number of benzene rings is 2. The molecular weight excluding hydrogens is 315 g/mol. The van der Waals surface area contributed by atoms with E-state index >= 15 is 0 Å². The van der Waals surface area contributed by atoms with Crippen LogP contribution in [0.25, 0.3) is 11.3 Å². The van der Waals surface area contributed by atoms with Crippen LogP contribution in [0.1, 0.15) is 29.3 Å². The van der Waals surface area contributed by atoms with Crippen molar-refractivity contribution in [2.24, 2.45) is 0 Å². The minimum absolute atomic E-state index is 0.275. The first kappa shape index (κ1) is 16.8. The highest BCUT2D eigenvalue weighted by Crippen LogP contribution is 2.19. The Hall–Kier alpha value is -3.01. The highest BCUT2D eigenvalue weighted by molar-refractivity contribution is 6.04. The normalized spacial score (nSPS) is 10.5. The molecule has 1 heterocycles. The van der Waals surface area contributed by atoms with Gasteiger partial charge >= 0.3 is 0 Å². The second-order valence-electron chi connectivity index (χ2n) is 5.84. The Morgan fingerprint density at radius 3 is 2.52 bits per heavy atom. The molecule has 1 N–H and O–H groups in total. The number of nitrogens with one attached hydrogen (secondary N) is 1. The Bertz CT molecular complexity index is 858. The molecule has 1 amide bonds. The average molecular weight is 334 g/mol. The molecule has 0 fully saturated rings. The van der Waals surface area contributed by atoms with E-state index in [1.54, 1.807) is 24.3 Å². The molecule has 3 nitrogen and oxygen atoms in total. The zero-order chi connectivity index (χ0) is 17.6. The molecule has 126 valence electrons. The molecule has 0 unspecified atom stereocenters. The van der Waals surface area contributed by atoms with Gasteiger partial charge in [-0.25, -0.2) is 4.39 Å². The molecule has 4 heteroatoms. The number of pyridine rings is 1. The van der Waals surface area contributed by atoms with E-state index in [1.807, 2.05) is 24.4 Å². The first-order valence-corrected chi connectivity index (χ1v) is 8.28. The lowest BCUT2D eigenvalue weighted by Gasteiger charge is -2.07. The number of nitrogens with zero attached hydrogens (tertiary/aromatic N) is 1. The molecule has 3 aromatic rings. The Labute approximate surface area is 146 Å². The van der Waals surface area contributed by atoms with Crippen LogP contribution >= 0.6 is 0 Å². The maximum absolute atomic E-state index is 13.2. The van der Waals surface area contributed by atoms with Gasteiger partial charge in [-0.15, -0.1) is 0 Å². The van der Waals surface area contributed by atoms with Crippen LogP contribution in [-0.4, -0.2) is 10.9 Å². The standard InChI is InChI=1S/C21H19FN2O/c1-2-4-15-7-12-20(23-14-15)16-8-10-17(11-9-16)21(25)24-19-6-3-5-18(22)13-19/h3,5-14H,2,4H2,1H3,(H,24,25). The predicted molar refractivity (Wildman–Crippen MR) is 98.0 cm³/mol. The molecular formula is C21H19FN2O. The molecule has 2 aromatic carbocycles. The highest BCUT2D eigenvalue weighted by atomic mass is 19.1. The number of anilines is 1. The molecule has 0 radical (unpaired) electrons. The molecule has 25 heavy (non-hydrogen) atoms. The summed E-state index contributed by atoms with van der Waals surface area (Å²) in [4.78, 5) is 16.7. The van der Waals surface area contributed by atoms with Crippen LogP contribution < -0.4 is 5.32 Å². The third-order valence-electron chi connectivity index (χ3n) is 3.89. The van der Waals surface area contributed by atoms with Crippen LogP contribution in [0.4, 0.5) is 10.1 Å². The van der Waals surface area contributed by atoms with Crippen molar-refractivity contribution in [1.82, 2.24) is 4.98 Å². The van der Waals surface area contributed by atoms with E-state index in [0.717, 1.165) is 24.1 Å². The lowest BCUT2D eigenvalue weighted by atomic mass is 10.1. The van der Waals surface area contributed by atoms with Crippen molar-refractivity contribution in [3.63, 3.8) is 0 Å². The maximum atomic E-state index is 13.2. The largest absolute Gasteiger partial charge is 0.322 e. The van der Waals surface area contributed by atoms with Gasteiger partial charge in [-0.05, 0) is 48.4 Å². The summed E-state index contributed by atoms with van der Waals surface area (Å²) in [6, 6.07) is 17.1. The molecule has 0 saturated carbocycles. The van der Waals surface area contributed by atoms with E-state index in [0.29, 0.717) is 11.3 Å². The fraction of sp³-hybridized carbons (Fsp3) is 0.143. The van der Waals surface area contributed by atoms with Gasteiger partial charge in [0.25, 0.3) is 5.91 Å². The van der Waals surface area contributed by atoms with Crippen LogP contribution in [-0.2, 0) is 6.42 Å². The van der Waals surface area contributed by atoms with Gasteiger partial charge in [-0.1, -0.05) is 37.6 Å².